The largest absolute Gasteiger partial charge is 0.309 e. The molecule has 11 rings (SSSR count). The second-order valence-corrected chi connectivity index (χ2v) is 15.2. The first-order valence-electron chi connectivity index (χ1n) is 18.8. The van der Waals surface area contributed by atoms with Crippen molar-refractivity contribution in [2.45, 2.75) is 0 Å². The van der Waals surface area contributed by atoms with Gasteiger partial charge in [-0.1, -0.05) is 152 Å². The molecule has 0 amide bonds. The molecule has 0 spiro atoms. The van der Waals surface area contributed by atoms with Crippen LogP contribution in [0.5, 0.6) is 0 Å². The molecule has 0 fully saturated rings. The van der Waals surface area contributed by atoms with Crippen LogP contribution in [0.1, 0.15) is 0 Å². The molecule has 0 saturated heterocycles. The van der Waals surface area contributed by atoms with Gasteiger partial charge < -0.3 is 9.47 Å². The highest BCUT2D eigenvalue weighted by Gasteiger charge is 2.23. The molecule has 0 bridgehead atoms. The third-order valence-electron chi connectivity index (χ3n) is 11.0. The molecule has 2 heterocycles. The lowest BCUT2D eigenvalue weighted by Crippen LogP contribution is -2.11. The Morgan fingerprint density at radius 2 is 0.982 bits per heavy atom. The van der Waals surface area contributed by atoms with Crippen molar-refractivity contribution in [1.29, 1.82) is 0 Å². The Balaban J connectivity index is 1.20. The van der Waals surface area contributed by atoms with Crippen molar-refractivity contribution >= 4 is 81.1 Å². The summed E-state index contributed by atoms with van der Waals surface area (Å²) in [5, 5.41) is 7.51. The Kier molecular flexibility index (Phi) is 7.39. The smallest absolute Gasteiger partial charge is 0.0640 e. The van der Waals surface area contributed by atoms with Crippen LogP contribution < -0.4 is 4.90 Å². The Hall–Kier alpha value is -6.94. The third kappa shape index (κ3) is 5.16. The van der Waals surface area contributed by atoms with Gasteiger partial charge in [0.05, 0.1) is 27.1 Å². The van der Waals surface area contributed by atoms with E-state index in [9.17, 15) is 0 Å². The van der Waals surface area contributed by atoms with Crippen molar-refractivity contribution in [3.8, 4) is 27.9 Å². The van der Waals surface area contributed by atoms with Gasteiger partial charge in [-0.3, -0.25) is 0 Å². The molecular weight excluding hydrogens is 685 g/mol. The molecular formula is C52H34N2S. The van der Waals surface area contributed by atoms with Crippen LogP contribution in [0, 0.1) is 0 Å². The molecule has 9 aromatic carbocycles. The minimum absolute atomic E-state index is 1.11. The van der Waals surface area contributed by atoms with Gasteiger partial charge in [-0.15, -0.1) is 11.3 Å². The lowest BCUT2D eigenvalue weighted by atomic mass is 9.95. The van der Waals surface area contributed by atoms with Crippen LogP contribution in [-0.4, -0.2) is 4.57 Å². The molecule has 0 atom stereocenters. The fourth-order valence-corrected chi connectivity index (χ4v) is 9.72. The molecule has 2 nitrogen and oxygen atoms in total. The van der Waals surface area contributed by atoms with Crippen LogP contribution in [0.2, 0.25) is 0 Å². The van der Waals surface area contributed by atoms with Gasteiger partial charge in [0.1, 0.15) is 0 Å². The molecule has 3 heteroatoms. The Morgan fingerprint density at radius 3 is 1.80 bits per heavy atom. The summed E-state index contributed by atoms with van der Waals surface area (Å²) >= 11 is 1.87. The zero-order valence-corrected chi connectivity index (χ0v) is 30.7. The maximum atomic E-state index is 2.49. The summed E-state index contributed by atoms with van der Waals surface area (Å²) in [7, 11) is 0. The summed E-state index contributed by atoms with van der Waals surface area (Å²) in [5.74, 6) is 0. The first kappa shape index (κ1) is 31.6. The van der Waals surface area contributed by atoms with E-state index < -0.39 is 0 Å². The number of para-hydroxylation sites is 3. The van der Waals surface area contributed by atoms with E-state index in [1.54, 1.807) is 0 Å². The first-order valence-corrected chi connectivity index (χ1v) is 19.6. The van der Waals surface area contributed by atoms with Gasteiger partial charge in [0.15, 0.2) is 0 Å². The van der Waals surface area contributed by atoms with Crippen molar-refractivity contribution in [2.75, 3.05) is 4.90 Å². The zero-order chi connectivity index (χ0) is 36.3. The summed E-state index contributed by atoms with van der Waals surface area (Å²) in [4.78, 5) is 2.49. The normalized spacial score (nSPS) is 11.6. The molecule has 55 heavy (non-hydrogen) atoms. The fourth-order valence-electron chi connectivity index (χ4n) is 8.52. The predicted molar refractivity (Wildman–Crippen MR) is 237 cm³/mol. The number of aromatic nitrogens is 1. The van der Waals surface area contributed by atoms with E-state index in [0.717, 1.165) is 17.1 Å². The van der Waals surface area contributed by atoms with E-state index in [1.807, 2.05) is 11.3 Å². The van der Waals surface area contributed by atoms with Crippen molar-refractivity contribution in [3.05, 3.63) is 206 Å². The molecule has 0 aliphatic rings. The topological polar surface area (TPSA) is 8.17 Å². The van der Waals surface area contributed by atoms with Crippen molar-refractivity contribution < 1.29 is 0 Å². The second kappa shape index (κ2) is 12.9. The molecule has 0 unspecified atom stereocenters. The number of fused-ring (bicyclic) bond motifs is 7. The van der Waals surface area contributed by atoms with E-state index in [1.165, 1.54) is 80.7 Å². The molecule has 0 N–H and O–H groups in total. The number of nitrogens with zero attached hydrogens (tertiary/aromatic N) is 2. The Morgan fingerprint density at radius 1 is 0.382 bits per heavy atom. The lowest BCUT2D eigenvalue weighted by molar-refractivity contribution is 1.19. The van der Waals surface area contributed by atoms with Crippen LogP contribution >= 0.6 is 11.3 Å². The summed E-state index contributed by atoms with van der Waals surface area (Å²) in [5.41, 5.74) is 11.7. The minimum atomic E-state index is 1.11. The standard InChI is InChI=1S/C52H34N2S/c1-2-16-35(17-3-1)36-19-14-20-38(32-36)53(50-30-15-26-45-44-25-9-13-31-51(44)55-52(45)50)49-29-12-8-24-43(49)46-34-39(33-37-18-4-5-21-40(37)46)54-47-27-10-6-22-41(47)42-23-7-11-28-48(42)54/h1-34H. The number of hydrogen-bond donors (Lipinski definition) is 0. The number of thiophene rings is 1. The summed E-state index contributed by atoms with van der Waals surface area (Å²) < 4.78 is 5.00. The van der Waals surface area contributed by atoms with Crippen LogP contribution in [0.15, 0.2) is 206 Å². The highest BCUT2D eigenvalue weighted by Crippen LogP contribution is 2.49. The zero-order valence-electron chi connectivity index (χ0n) is 29.9. The maximum absolute atomic E-state index is 2.49. The van der Waals surface area contributed by atoms with Crippen molar-refractivity contribution in [2.24, 2.45) is 0 Å². The first-order chi connectivity index (χ1) is 27.3. The van der Waals surface area contributed by atoms with E-state index in [4.69, 9.17) is 0 Å². The number of rotatable bonds is 6. The monoisotopic (exact) mass is 718 g/mol. The number of anilines is 3. The van der Waals surface area contributed by atoms with Crippen LogP contribution in [0.4, 0.5) is 17.1 Å². The van der Waals surface area contributed by atoms with E-state index in [-0.39, 0.29) is 0 Å². The highest BCUT2D eigenvalue weighted by atomic mass is 32.1. The summed E-state index contributed by atoms with van der Waals surface area (Å²) in [6, 6.07) is 75.3. The van der Waals surface area contributed by atoms with Crippen molar-refractivity contribution in [1.82, 2.24) is 4.57 Å². The SMILES string of the molecule is c1ccc(-c2cccc(N(c3ccccc3-c3cc(-n4c5ccccc5c5ccccc54)cc4ccccc34)c3cccc4c3sc3ccccc34)c2)cc1. The van der Waals surface area contributed by atoms with E-state index >= 15 is 0 Å². The summed E-state index contributed by atoms with van der Waals surface area (Å²) in [6.07, 6.45) is 0. The number of hydrogen-bond acceptors (Lipinski definition) is 2. The molecule has 11 aromatic rings. The molecule has 0 saturated carbocycles. The van der Waals surface area contributed by atoms with Crippen LogP contribution in [0.25, 0.3) is 80.7 Å². The van der Waals surface area contributed by atoms with Gasteiger partial charge in [0, 0.05) is 43.2 Å². The van der Waals surface area contributed by atoms with Gasteiger partial charge in [0.25, 0.3) is 0 Å². The van der Waals surface area contributed by atoms with E-state index in [2.05, 4.69) is 216 Å². The highest BCUT2D eigenvalue weighted by molar-refractivity contribution is 7.26. The van der Waals surface area contributed by atoms with E-state index in [0.29, 0.717) is 0 Å². The van der Waals surface area contributed by atoms with Gasteiger partial charge in [-0.25, -0.2) is 0 Å². The maximum Gasteiger partial charge on any atom is 0.0640 e. The second-order valence-electron chi connectivity index (χ2n) is 14.1. The summed E-state index contributed by atoms with van der Waals surface area (Å²) in [6.45, 7) is 0. The van der Waals surface area contributed by atoms with Gasteiger partial charge >= 0.3 is 0 Å². The lowest BCUT2D eigenvalue weighted by Gasteiger charge is -2.29. The quantitative estimate of drug-likeness (QED) is 0.166. The fraction of sp³-hybridized carbons (Fsp3) is 0. The Bertz CT molecular complexity index is 3170. The number of benzene rings is 9. The third-order valence-corrected chi connectivity index (χ3v) is 12.2. The average molecular weight is 719 g/mol. The molecule has 0 aliphatic carbocycles. The Labute approximate surface area is 323 Å². The molecule has 258 valence electrons. The van der Waals surface area contributed by atoms with Crippen LogP contribution in [0.3, 0.4) is 0 Å². The molecule has 2 aromatic heterocycles. The average Bonchev–Trinajstić information content (AvgIpc) is 3.81. The van der Waals surface area contributed by atoms with Crippen LogP contribution in [-0.2, 0) is 0 Å². The van der Waals surface area contributed by atoms with Crippen molar-refractivity contribution in [3.63, 3.8) is 0 Å². The minimum Gasteiger partial charge on any atom is -0.309 e. The molecule has 0 aliphatic heterocycles. The van der Waals surface area contributed by atoms with Gasteiger partial charge in [-0.2, -0.15) is 0 Å². The van der Waals surface area contributed by atoms with Gasteiger partial charge in [-0.05, 0) is 82.1 Å². The molecule has 0 radical (unpaired) electrons. The van der Waals surface area contributed by atoms with Gasteiger partial charge in [0.2, 0.25) is 0 Å². The predicted octanol–water partition coefficient (Wildman–Crippen LogP) is 15.1.